The number of nitrogens with two attached hydrogens (primary N) is 1. The molecule has 0 saturated heterocycles. The number of benzene rings is 1. The molecule has 72 valence electrons. The van der Waals surface area contributed by atoms with Crippen LogP contribution < -0.4 is 10.5 Å². The van der Waals surface area contributed by atoms with Gasteiger partial charge in [0.05, 0.1) is 13.2 Å². The molecule has 0 aliphatic heterocycles. The molecule has 0 spiro atoms. The number of methoxy groups -OCH3 is 1. The van der Waals surface area contributed by atoms with Gasteiger partial charge < -0.3 is 15.6 Å². The molecule has 1 aromatic rings. The normalized spacial score (nSPS) is 12.5. The Balaban J connectivity index is 3.08. The summed E-state index contributed by atoms with van der Waals surface area (Å²) < 4.78 is 17.1. The molecule has 1 rings (SSSR count). The fourth-order valence-electron chi connectivity index (χ4n) is 1.09. The Morgan fingerprint density at radius 2 is 2.31 bits per heavy atom. The lowest BCUT2D eigenvalue weighted by Gasteiger charge is -2.11. The van der Waals surface area contributed by atoms with Crippen LogP contribution in [0.4, 0.5) is 4.39 Å². The maximum Gasteiger partial charge on any atom is 0.162 e. The standard InChI is InChI=1S/C9H12FNO2/c1-13-8-4-2-3-6(9(8)12)7(11)5-10/h2-4,7,12H,5,11H2,1H3/t7-/m0/s1. The zero-order valence-corrected chi connectivity index (χ0v) is 7.33. The molecule has 0 aliphatic carbocycles. The minimum absolute atomic E-state index is 0.0878. The van der Waals surface area contributed by atoms with Crippen molar-refractivity contribution in [1.29, 1.82) is 0 Å². The van der Waals surface area contributed by atoms with E-state index in [4.69, 9.17) is 10.5 Å². The molecule has 0 heterocycles. The molecule has 0 aliphatic rings. The van der Waals surface area contributed by atoms with Crippen LogP contribution in [0.1, 0.15) is 11.6 Å². The zero-order valence-electron chi connectivity index (χ0n) is 7.33. The SMILES string of the molecule is COc1cccc([C@@H](N)CF)c1O. The maximum atomic E-state index is 12.2. The number of phenols is 1. The van der Waals surface area contributed by atoms with Gasteiger partial charge in [-0.1, -0.05) is 12.1 Å². The summed E-state index contributed by atoms with van der Waals surface area (Å²) in [6.07, 6.45) is 0. The van der Waals surface area contributed by atoms with Crippen LogP contribution in [0.25, 0.3) is 0 Å². The monoisotopic (exact) mass is 185 g/mol. The Labute approximate surface area is 75.9 Å². The number of ether oxygens (including phenoxy) is 1. The molecule has 0 unspecified atom stereocenters. The molecule has 1 atom stereocenters. The first-order valence-corrected chi connectivity index (χ1v) is 3.88. The summed E-state index contributed by atoms with van der Waals surface area (Å²) in [5.41, 5.74) is 5.79. The van der Waals surface area contributed by atoms with Gasteiger partial charge in [0.2, 0.25) is 0 Å². The number of aromatic hydroxyl groups is 1. The van der Waals surface area contributed by atoms with Gasteiger partial charge >= 0.3 is 0 Å². The molecule has 13 heavy (non-hydrogen) atoms. The number of para-hydroxylation sites is 1. The molecular weight excluding hydrogens is 173 g/mol. The summed E-state index contributed by atoms with van der Waals surface area (Å²) >= 11 is 0. The Hall–Kier alpha value is -1.29. The van der Waals surface area contributed by atoms with E-state index in [1.54, 1.807) is 18.2 Å². The Bertz CT molecular complexity index is 291. The molecule has 3 N–H and O–H groups in total. The van der Waals surface area contributed by atoms with Gasteiger partial charge in [0.25, 0.3) is 0 Å². The minimum atomic E-state index is -0.796. The van der Waals surface area contributed by atoms with Gasteiger partial charge in [0.15, 0.2) is 11.5 Å². The highest BCUT2D eigenvalue weighted by molar-refractivity contribution is 5.46. The molecule has 0 bridgehead atoms. The Morgan fingerprint density at radius 1 is 1.62 bits per heavy atom. The zero-order chi connectivity index (χ0) is 9.84. The van der Waals surface area contributed by atoms with Crippen LogP contribution in [0.5, 0.6) is 11.5 Å². The van der Waals surface area contributed by atoms with E-state index in [0.29, 0.717) is 11.3 Å². The third-order valence-electron chi connectivity index (χ3n) is 1.82. The van der Waals surface area contributed by atoms with Crippen LogP contribution in [0.3, 0.4) is 0 Å². The molecule has 0 radical (unpaired) electrons. The molecule has 1 aromatic carbocycles. The van der Waals surface area contributed by atoms with Crippen LogP contribution in [0.15, 0.2) is 18.2 Å². The quantitative estimate of drug-likeness (QED) is 0.747. The van der Waals surface area contributed by atoms with Crippen LogP contribution in [-0.2, 0) is 0 Å². The van der Waals surface area contributed by atoms with Gasteiger partial charge in [0, 0.05) is 5.56 Å². The van der Waals surface area contributed by atoms with E-state index in [1.807, 2.05) is 0 Å². The second-order valence-corrected chi connectivity index (χ2v) is 2.66. The molecule has 0 saturated carbocycles. The van der Waals surface area contributed by atoms with Crippen molar-refractivity contribution in [1.82, 2.24) is 0 Å². The van der Waals surface area contributed by atoms with E-state index in [2.05, 4.69) is 0 Å². The molecule has 0 amide bonds. The van der Waals surface area contributed by atoms with Crippen molar-refractivity contribution in [2.45, 2.75) is 6.04 Å². The number of alkyl halides is 1. The first kappa shape index (κ1) is 9.80. The highest BCUT2D eigenvalue weighted by atomic mass is 19.1. The highest BCUT2D eigenvalue weighted by Crippen LogP contribution is 2.32. The van der Waals surface area contributed by atoms with Crippen molar-refractivity contribution >= 4 is 0 Å². The van der Waals surface area contributed by atoms with Crippen LogP contribution in [0, 0.1) is 0 Å². The smallest absolute Gasteiger partial charge is 0.162 e. The van der Waals surface area contributed by atoms with E-state index < -0.39 is 12.7 Å². The Morgan fingerprint density at radius 3 is 2.85 bits per heavy atom. The molecule has 0 fully saturated rings. The topological polar surface area (TPSA) is 55.5 Å². The highest BCUT2D eigenvalue weighted by Gasteiger charge is 2.13. The van der Waals surface area contributed by atoms with E-state index in [9.17, 15) is 9.50 Å². The first-order chi connectivity index (χ1) is 6.20. The van der Waals surface area contributed by atoms with Crippen molar-refractivity contribution in [3.63, 3.8) is 0 Å². The van der Waals surface area contributed by atoms with Crippen molar-refractivity contribution in [2.24, 2.45) is 5.73 Å². The third kappa shape index (κ3) is 1.89. The third-order valence-corrected chi connectivity index (χ3v) is 1.82. The summed E-state index contributed by atoms with van der Waals surface area (Å²) in [5, 5.41) is 9.52. The lowest BCUT2D eigenvalue weighted by Crippen LogP contribution is -2.12. The predicted molar refractivity (Wildman–Crippen MR) is 47.6 cm³/mol. The van der Waals surface area contributed by atoms with Crippen molar-refractivity contribution < 1.29 is 14.2 Å². The van der Waals surface area contributed by atoms with E-state index in [0.717, 1.165) is 0 Å². The van der Waals surface area contributed by atoms with Gasteiger partial charge in [-0.15, -0.1) is 0 Å². The summed E-state index contributed by atoms with van der Waals surface area (Å²) in [6, 6.07) is 4.02. The maximum absolute atomic E-state index is 12.2. The van der Waals surface area contributed by atoms with Gasteiger partial charge in [-0.3, -0.25) is 0 Å². The second kappa shape index (κ2) is 4.09. The molecule has 0 aromatic heterocycles. The average Bonchev–Trinajstić information content (AvgIpc) is 2.17. The first-order valence-electron chi connectivity index (χ1n) is 3.88. The Kier molecular flexibility index (Phi) is 3.08. The van der Waals surface area contributed by atoms with Gasteiger partial charge in [-0.2, -0.15) is 0 Å². The van der Waals surface area contributed by atoms with Gasteiger partial charge in [0.1, 0.15) is 6.67 Å². The van der Waals surface area contributed by atoms with E-state index in [1.165, 1.54) is 7.11 Å². The number of halogens is 1. The fraction of sp³-hybridized carbons (Fsp3) is 0.333. The number of rotatable bonds is 3. The molecule has 4 heteroatoms. The lowest BCUT2D eigenvalue weighted by molar-refractivity contribution is 0.362. The van der Waals surface area contributed by atoms with Crippen LogP contribution in [-0.4, -0.2) is 18.9 Å². The summed E-state index contributed by atoms with van der Waals surface area (Å²) in [5.74, 6) is 0.219. The van der Waals surface area contributed by atoms with Gasteiger partial charge in [-0.25, -0.2) is 4.39 Å². The minimum Gasteiger partial charge on any atom is -0.504 e. The van der Waals surface area contributed by atoms with E-state index >= 15 is 0 Å². The number of hydrogen-bond donors (Lipinski definition) is 2. The lowest BCUT2D eigenvalue weighted by atomic mass is 10.1. The average molecular weight is 185 g/mol. The predicted octanol–water partition coefficient (Wildman–Crippen LogP) is 1.37. The van der Waals surface area contributed by atoms with Crippen LogP contribution in [0.2, 0.25) is 0 Å². The second-order valence-electron chi connectivity index (χ2n) is 2.66. The largest absolute Gasteiger partial charge is 0.504 e. The summed E-state index contributed by atoms with van der Waals surface area (Å²) in [4.78, 5) is 0. The number of hydrogen-bond acceptors (Lipinski definition) is 3. The van der Waals surface area contributed by atoms with Gasteiger partial charge in [-0.05, 0) is 6.07 Å². The fourth-order valence-corrected chi connectivity index (χ4v) is 1.09. The molecular formula is C9H12FNO2. The van der Waals surface area contributed by atoms with Crippen molar-refractivity contribution in [2.75, 3.05) is 13.8 Å². The van der Waals surface area contributed by atoms with E-state index in [-0.39, 0.29) is 5.75 Å². The molecule has 3 nitrogen and oxygen atoms in total. The summed E-state index contributed by atoms with van der Waals surface area (Å²) in [7, 11) is 1.43. The van der Waals surface area contributed by atoms with Crippen molar-refractivity contribution in [3.05, 3.63) is 23.8 Å². The van der Waals surface area contributed by atoms with Crippen molar-refractivity contribution in [3.8, 4) is 11.5 Å². The van der Waals surface area contributed by atoms with Crippen LogP contribution >= 0.6 is 0 Å². The number of phenolic OH excluding ortho intramolecular Hbond substituents is 1. The summed E-state index contributed by atoms with van der Waals surface area (Å²) in [6.45, 7) is -0.708.